The van der Waals surface area contributed by atoms with Gasteiger partial charge in [-0.25, -0.2) is 0 Å². The first kappa shape index (κ1) is 16.4. The number of halogens is 1. The predicted molar refractivity (Wildman–Crippen MR) is 76.9 cm³/mol. The van der Waals surface area contributed by atoms with E-state index in [0.29, 0.717) is 37.6 Å². The van der Waals surface area contributed by atoms with Crippen LogP contribution < -0.4 is 24.8 Å². The Kier molecular flexibility index (Phi) is 6.97. The van der Waals surface area contributed by atoms with Crippen LogP contribution in [0.15, 0.2) is 18.2 Å². The SMILES string of the molecule is CNCCC(=O)NCCOc1ccc2c(c1)OCO2.Cl. The van der Waals surface area contributed by atoms with Crippen LogP contribution in [0.5, 0.6) is 17.2 Å². The monoisotopic (exact) mass is 302 g/mol. The molecule has 1 amide bonds. The summed E-state index contributed by atoms with van der Waals surface area (Å²) in [5.74, 6) is 2.14. The summed E-state index contributed by atoms with van der Waals surface area (Å²) in [6, 6.07) is 5.41. The minimum atomic E-state index is 0. The van der Waals surface area contributed by atoms with Gasteiger partial charge in [-0.1, -0.05) is 0 Å². The first-order chi connectivity index (χ1) is 9.29. The molecule has 1 aliphatic rings. The fourth-order valence-corrected chi connectivity index (χ4v) is 1.65. The Morgan fingerprint density at radius 3 is 2.90 bits per heavy atom. The third kappa shape index (κ3) is 4.79. The number of carbonyl (C=O) groups excluding carboxylic acids is 1. The number of nitrogens with one attached hydrogen (secondary N) is 2. The van der Waals surface area contributed by atoms with E-state index in [0.717, 1.165) is 5.75 Å². The minimum Gasteiger partial charge on any atom is -0.492 e. The molecule has 0 saturated heterocycles. The van der Waals surface area contributed by atoms with Gasteiger partial charge in [-0.2, -0.15) is 0 Å². The molecule has 1 aromatic carbocycles. The summed E-state index contributed by atoms with van der Waals surface area (Å²) in [6.45, 7) is 1.83. The zero-order valence-electron chi connectivity index (χ0n) is 11.3. The molecule has 0 unspecified atom stereocenters. The van der Waals surface area contributed by atoms with Crippen LogP contribution in [0, 0.1) is 0 Å². The van der Waals surface area contributed by atoms with E-state index in [9.17, 15) is 4.79 Å². The van der Waals surface area contributed by atoms with E-state index in [1.807, 2.05) is 19.2 Å². The molecule has 0 aromatic heterocycles. The maximum atomic E-state index is 11.3. The summed E-state index contributed by atoms with van der Waals surface area (Å²) in [6.07, 6.45) is 0.473. The van der Waals surface area contributed by atoms with Crippen molar-refractivity contribution in [2.24, 2.45) is 0 Å². The lowest BCUT2D eigenvalue weighted by Crippen LogP contribution is -2.30. The highest BCUT2D eigenvalue weighted by atomic mass is 35.5. The first-order valence-electron chi connectivity index (χ1n) is 6.23. The maximum absolute atomic E-state index is 11.3. The number of amides is 1. The molecule has 0 fully saturated rings. The predicted octanol–water partition coefficient (Wildman–Crippen LogP) is 0.942. The van der Waals surface area contributed by atoms with E-state index in [4.69, 9.17) is 14.2 Å². The van der Waals surface area contributed by atoms with Gasteiger partial charge < -0.3 is 24.8 Å². The van der Waals surface area contributed by atoms with Gasteiger partial charge in [-0.05, 0) is 19.2 Å². The fourth-order valence-electron chi connectivity index (χ4n) is 1.65. The lowest BCUT2D eigenvalue weighted by Gasteiger charge is -2.08. The highest BCUT2D eigenvalue weighted by Crippen LogP contribution is 2.34. The van der Waals surface area contributed by atoms with Gasteiger partial charge in [-0.15, -0.1) is 12.4 Å². The Balaban J connectivity index is 0.00000200. The van der Waals surface area contributed by atoms with Gasteiger partial charge in [0, 0.05) is 19.0 Å². The van der Waals surface area contributed by atoms with Crippen molar-refractivity contribution in [2.75, 3.05) is 33.5 Å². The summed E-state index contributed by atoms with van der Waals surface area (Å²) in [5, 5.41) is 5.70. The summed E-state index contributed by atoms with van der Waals surface area (Å²) < 4.78 is 16.0. The van der Waals surface area contributed by atoms with Crippen molar-refractivity contribution in [3.63, 3.8) is 0 Å². The average Bonchev–Trinajstić information content (AvgIpc) is 2.88. The van der Waals surface area contributed by atoms with Crippen LogP contribution >= 0.6 is 12.4 Å². The average molecular weight is 303 g/mol. The van der Waals surface area contributed by atoms with Gasteiger partial charge in [0.2, 0.25) is 12.7 Å². The highest BCUT2D eigenvalue weighted by Gasteiger charge is 2.13. The van der Waals surface area contributed by atoms with Crippen molar-refractivity contribution in [2.45, 2.75) is 6.42 Å². The second-order valence-electron chi connectivity index (χ2n) is 4.07. The van der Waals surface area contributed by atoms with Crippen molar-refractivity contribution in [1.29, 1.82) is 0 Å². The summed E-state index contributed by atoms with van der Waals surface area (Å²) in [5.41, 5.74) is 0. The summed E-state index contributed by atoms with van der Waals surface area (Å²) in [4.78, 5) is 11.3. The lowest BCUT2D eigenvalue weighted by molar-refractivity contribution is -0.121. The Labute approximate surface area is 124 Å². The number of hydrogen-bond acceptors (Lipinski definition) is 5. The van der Waals surface area contributed by atoms with E-state index >= 15 is 0 Å². The fraction of sp³-hybridized carbons (Fsp3) is 0.462. The second kappa shape index (κ2) is 8.50. The van der Waals surface area contributed by atoms with Gasteiger partial charge in [0.25, 0.3) is 0 Å². The number of hydrogen-bond donors (Lipinski definition) is 2. The molecular weight excluding hydrogens is 284 g/mol. The summed E-state index contributed by atoms with van der Waals surface area (Å²) in [7, 11) is 1.82. The van der Waals surface area contributed by atoms with Gasteiger partial charge in [0.05, 0.1) is 6.54 Å². The molecular formula is C13H19ClN2O4. The Morgan fingerprint density at radius 2 is 2.10 bits per heavy atom. The van der Waals surface area contributed by atoms with Crippen molar-refractivity contribution in [3.8, 4) is 17.2 Å². The number of rotatable bonds is 7. The zero-order valence-corrected chi connectivity index (χ0v) is 12.1. The Morgan fingerprint density at radius 1 is 1.30 bits per heavy atom. The van der Waals surface area contributed by atoms with E-state index in [1.165, 1.54) is 0 Å². The molecule has 0 saturated carbocycles. The summed E-state index contributed by atoms with van der Waals surface area (Å²) >= 11 is 0. The molecule has 6 nitrogen and oxygen atoms in total. The molecule has 112 valence electrons. The van der Waals surface area contributed by atoms with Gasteiger partial charge in [0.15, 0.2) is 11.5 Å². The van der Waals surface area contributed by atoms with Crippen molar-refractivity contribution in [3.05, 3.63) is 18.2 Å². The van der Waals surface area contributed by atoms with E-state index in [-0.39, 0.29) is 25.1 Å². The minimum absolute atomic E-state index is 0. The Bertz CT molecular complexity index is 442. The number of ether oxygens (including phenoxy) is 3. The van der Waals surface area contributed by atoms with Crippen LogP contribution in [0.2, 0.25) is 0 Å². The smallest absolute Gasteiger partial charge is 0.231 e. The molecule has 1 aliphatic heterocycles. The molecule has 1 heterocycles. The molecule has 0 spiro atoms. The largest absolute Gasteiger partial charge is 0.492 e. The van der Waals surface area contributed by atoms with Crippen LogP contribution in [-0.4, -0.2) is 39.4 Å². The van der Waals surface area contributed by atoms with E-state index in [2.05, 4.69) is 10.6 Å². The molecule has 2 N–H and O–H groups in total. The molecule has 7 heteroatoms. The van der Waals surface area contributed by atoms with Crippen LogP contribution in [0.4, 0.5) is 0 Å². The zero-order chi connectivity index (χ0) is 13.5. The van der Waals surface area contributed by atoms with Crippen LogP contribution in [0.25, 0.3) is 0 Å². The van der Waals surface area contributed by atoms with Gasteiger partial charge >= 0.3 is 0 Å². The molecule has 2 rings (SSSR count). The number of carbonyl (C=O) groups is 1. The highest BCUT2D eigenvalue weighted by molar-refractivity contribution is 5.85. The lowest BCUT2D eigenvalue weighted by atomic mass is 10.3. The van der Waals surface area contributed by atoms with Gasteiger partial charge in [-0.3, -0.25) is 4.79 Å². The number of benzene rings is 1. The topological polar surface area (TPSA) is 68.8 Å². The van der Waals surface area contributed by atoms with Gasteiger partial charge in [0.1, 0.15) is 12.4 Å². The Hall–Kier alpha value is -1.66. The molecule has 0 bridgehead atoms. The number of fused-ring (bicyclic) bond motifs is 1. The third-order valence-corrected chi connectivity index (χ3v) is 2.64. The molecule has 0 radical (unpaired) electrons. The molecule has 0 aliphatic carbocycles. The standard InChI is InChI=1S/C13H18N2O4.ClH/c1-14-5-4-13(16)15-6-7-17-10-2-3-11-12(8-10)19-9-18-11;/h2-3,8,14H,4-7,9H2,1H3,(H,15,16);1H. The quantitative estimate of drug-likeness (QED) is 0.734. The molecule has 1 aromatic rings. The normalized spacial score (nSPS) is 11.7. The van der Waals surface area contributed by atoms with Crippen LogP contribution in [-0.2, 0) is 4.79 Å². The molecule has 0 atom stereocenters. The van der Waals surface area contributed by atoms with Crippen molar-refractivity contribution in [1.82, 2.24) is 10.6 Å². The second-order valence-corrected chi connectivity index (χ2v) is 4.07. The van der Waals surface area contributed by atoms with E-state index in [1.54, 1.807) is 6.07 Å². The van der Waals surface area contributed by atoms with Crippen LogP contribution in [0.3, 0.4) is 0 Å². The maximum Gasteiger partial charge on any atom is 0.231 e. The van der Waals surface area contributed by atoms with Crippen molar-refractivity contribution < 1.29 is 19.0 Å². The molecule has 20 heavy (non-hydrogen) atoms. The van der Waals surface area contributed by atoms with Crippen LogP contribution in [0.1, 0.15) is 6.42 Å². The first-order valence-corrected chi connectivity index (χ1v) is 6.23. The third-order valence-electron chi connectivity index (χ3n) is 2.64. The van der Waals surface area contributed by atoms with E-state index < -0.39 is 0 Å². The van der Waals surface area contributed by atoms with Crippen molar-refractivity contribution >= 4 is 18.3 Å².